The molecule has 0 aliphatic heterocycles. The normalized spacial score (nSPS) is 12.8. The smallest absolute Gasteiger partial charge is 0.0372 e. The first-order chi connectivity index (χ1) is 8.04. The van der Waals surface area contributed by atoms with E-state index in [-0.39, 0.29) is 0 Å². The van der Waals surface area contributed by atoms with Crippen molar-refractivity contribution >= 4 is 5.69 Å². The average Bonchev–Trinajstić information content (AvgIpc) is 2.28. The number of hydrogen-bond donors (Lipinski definition) is 2. The molecule has 0 fully saturated rings. The number of hydrogen-bond acceptors (Lipinski definition) is 2. The van der Waals surface area contributed by atoms with Gasteiger partial charge in [-0.05, 0) is 48.9 Å². The minimum absolute atomic E-state index is 0.581. The highest BCUT2D eigenvalue weighted by Crippen LogP contribution is 2.22. The van der Waals surface area contributed by atoms with Gasteiger partial charge in [0.25, 0.3) is 0 Å². The van der Waals surface area contributed by atoms with Crippen molar-refractivity contribution in [3.05, 3.63) is 29.3 Å². The van der Waals surface area contributed by atoms with Crippen LogP contribution in [-0.4, -0.2) is 13.1 Å². The third-order valence-electron chi connectivity index (χ3n) is 3.23. The molecule has 0 heterocycles. The van der Waals surface area contributed by atoms with E-state index < -0.39 is 0 Å². The number of benzene rings is 1. The zero-order valence-corrected chi connectivity index (χ0v) is 11.6. The Bertz CT molecular complexity index is 345. The number of rotatable bonds is 6. The molecule has 0 aliphatic rings. The van der Waals surface area contributed by atoms with E-state index in [2.05, 4.69) is 51.2 Å². The fraction of sp³-hybridized carbons (Fsp3) is 0.600. The van der Waals surface area contributed by atoms with Gasteiger partial charge in [-0.25, -0.2) is 0 Å². The van der Waals surface area contributed by atoms with Crippen molar-refractivity contribution in [3.63, 3.8) is 0 Å². The first-order valence-corrected chi connectivity index (χ1v) is 6.59. The highest BCUT2D eigenvalue weighted by Gasteiger charge is 2.05. The molecule has 0 saturated carbocycles. The molecule has 1 aromatic carbocycles. The first kappa shape index (κ1) is 14.0. The summed E-state index contributed by atoms with van der Waals surface area (Å²) in [5, 5.41) is 3.54. The van der Waals surface area contributed by atoms with Crippen LogP contribution in [0.15, 0.2) is 18.2 Å². The average molecular weight is 234 g/mol. The summed E-state index contributed by atoms with van der Waals surface area (Å²) in [5.74, 6) is 1.21. The Morgan fingerprint density at radius 3 is 2.53 bits per heavy atom. The van der Waals surface area contributed by atoms with Crippen molar-refractivity contribution in [2.75, 3.05) is 18.4 Å². The molecule has 0 spiro atoms. The van der Waals surface area contributed by atoms with E-state index in [4.69, 9.17) is 5.73 Å². The van der Waals surface area contributed by atoms with Gasteiger partial charge in [-0.1, -0.05) is 32.9 Å². The largest absolute Gasteiger partial charge is 0.385 e. The minimum Gasteiger partial charge on any atom is -0.385 e. The molecular weight excluding hydrogens is 208 g/mol. The van der Waals surface area contributed by atoms with Crippen LogP contribution in [0, 0.1) is 12.8 Å². The van der Waals surface area contributed by atoms with E-state index in [0.29, 0.717) is 11.8 Å². The summed E-state index contributed by atoms with van der Waals surface area (Å²) >= 11 is 0. The van der Waals surface area contributed by atoms with Crippen molar-refractivity contribution in [2.24, 2.45) is 11.7 Å². The molecule has 1 aromatic rings. The monoisotopic (exact) mass is 234 g/mol. The van der Waals surface area contributed by atoms with Crippen molar-refractivity contribution in [1.82, 2.24) is 0 Å². The second-order valence-corrected chi connectivity index (χ2v) is 5.29. The van der Waals surface area contributed by atoms with Crippen molar-refractivity contribution < 1.29 is 0 Å². The molecule has 0 bridgehead atoms. The Balaban J connectivity index is 2.66. The van der Waals surface area contributed by atoms with Crippen LogP contribution in [0.25, 0.3) is 0 Å². The van der Waals surface area contributed by atoms with Gasteiger partial charge in [0.05, 0.1) is 0 Å². The summed E-state index contributed by atoms with van der Waals surface area (Å²) in [6.45, 7) is 10.6. The number of aryl methyl sites for hydroxylation is 1. The van der Waals surface area contributed by atoms with Crippen LogP contribution in [0.5, 0.6) is 0 Å². The van der Waals surface area contributed by atoms with E-state index in [1.807, 2.05) is 0 Å². The summed E-state index contributed by atoms with van der Waals surface area (Å²) < 4.78 is 0. The molecule has 0 aromatic heterocycles. The predicted molar refractivity (Wildman–Crippen MR) is 76.6 cm³/mol. The third-order valence-corrected chi connectivity index (χ3v) is 3.23. The summed E-state index contributed by atoms with van der Waals surface area (Å²) in [5.41, 5.74) is 9.54. The zero-order valence-electron chi connectivity index (χ0n) is 11.6. The second kappa shape index (κ2) is 6.65. The maximum Gasteiger partial charge on any atom is 0.0372 e. The van der Waals surface area contributed by atoms with Crippen molar-refractivity contribution in [1.29, 1.82) is 0 Å². The Morgan fingerprint density at radius 2 is 1.94 bits per heavy atom. The van der Waals surface area contributed by atoms with E-state index in [1.54, 1.807) is 0 Å². The maximum absolute atomic E-state index is 5.56. The van der Waals surface area contributed by atoms with Crippen LogP contribution in [-0.2, 0) is 0 Å². The van der Waals surface area contributed by atoms with Gasteiger partial charge in [-0.2, -0.15) is 0 Å². The van der Waals surface area contributed by atoms with Gasteiger partial charge in [0, 0.05) is 12.2 Å². The molecule has 96 valence electrons. The number of anilines is 1. The molecule has 1 rings (SSSR count). The van der Waals surface area contributed by atoms with Crippen molar-refractivity contribution in [2.45, 2.75) is 40.0 Å². The van der Waals surface area contributed by atoms with Gasteiger partial charge in [-0.3, -0.25) is 0 Å². The van der Waals surface area contributed by atoms with Gasteiger partial charge in [0.15, 0.2) is 0 Å². The minimum atomic E-state index is 0.581. The molecule has 0 amide bonds. The van der Waals surface area contributed by atoms with Crippen LogP contribution < -0.4 is 11.1 Å². The second-order valence-electron chi connectivity index (χ2n) is 5.29. The van der Waals surface area contributed by atoms with Crippen LogP contribution in [0.1, 0.15) is 44.2 Å². The van der Waals surface area contributed by atoms with Crippen molar-refractivity contribution in [3.8, 4) is 0 Å². The lowest BCUT2D eigenvalue weighted by molar-refractivity contribution is 0.568. The fourth-order valence-corrected chi connectivity index (χ4v) is 1.86. The SMILES string of the molecule is Cc1ccc(C(C)C)cc1NCC(C)CCN. The summed E-state index contributed by atoms with van der Waals surface area (Å²) in [4.78, 5) is 0. The zero-order chi connectivity index (χ0) is 12.8. The van der Waals surface area contributed by atoms with Gasteiger partial charge in [0.2, 0.25) is 0 Å². The Kier molecular flexibility index (Phi) is 5.49. The van der Waals surface area contributed by atoms with Gasteiger partial charge in [0.1, 0.15) is 0 Å². The summed E-state index contributed by atoms with van der Waals surface area (Å²) in [6, 6.07) is 6.69. The molecule has 2 heteroatoms. The molecule has 1 atom stereocenters. The third kappa shape index (κ3) is 4.39. The molecule has 2 nitrogen and oxygen atoms in total. The fourth-order valence-electron chi connectivity index (χ4n) is 1.86. The lowest BCUT2D eigenvalue weighted by atomic mass is 10.0. The lowest BCUT2D eigenvalue weighted by Gasteiger charge is -2.16. The quantitative estimate of drug-likeness (QED) is 0.790. The first-order valence-electron chi connectivity index (χ1n) is 6.59. The van der Waals surface area contributed by atoms with Gasteiger partial charge < -0.3 is 11.1 Å². The van der Waals surface area contributed by atoms with E-state index in [0.717, 1.165) is 19.5 Å². The molecular formula is C15H26N2. The van der Waals surface area contributed by atoms with E-state index >= 15 is 0 Å². The highest BCUT2D eigenvalue weighted by molar-refractivity contribution is 5.53. The van der Waals surface area contributed by atoms with E-state index in [9.17, 15) is 0 Å². The standard InChI is InChI=1S/C15H26N2/c1-11(2)14-6-5-13(4)15(9-14)17-10-12(3)7-8-16/h5-6,9,11-12,17H,7-8,10,16H2,1-4H3. The molecule has 0 radical (unpaired) electrons. The summed E-state index contributed by atoms with van der Waals surface area (Å²) in [6.07, 6.45) is 1.08. The van der Waals surface area contributed by atoms with E-state index in [1.165, 1.54) is 16.8 Å². The van der Waals surface area contributed by atoms with Crippen LogP contribution in [0.2, 0.25) is 0 Å². The van der Waals surface area contributed by atoms with Crippen LogP contribution in [0.4, 0.5) is 5.69 Å². The molecule has 17 heavy (non-hydrogen) atoms. The van der Waals surface area contributed by atoms with Crippen LogP contribution in [0.3, 0.4) is 0 Å². The number of nitrogens with one attached hydrogen (secondary N) is 1. The Hall–Kier alpha value is -1.02. The predicted octanol–water partition coefficient (Wildman–Crippen LogP) is 3.52. The Morgan fingerprint density at radius 1 is 1.24 bits per heavy atom. The topological polar surface area (TPSA) is 38.0 Å². The maximum atomic E-state index is 5.56. The molecule has 3 N–H and O–H groups in total. The molecule has 1 unspecified atom stereocenters. The van der Waals surface area contributed by atoms with Gasteiger partial charge in [-0.15, -0.1) is 0 Å². The lowest BCUT2D eigenvalue weighted by Crippen LogP contribution is -2.15. The highest BCUT2D eigenvalue weighted by atomic mass is 14.9. The molecule has 0 saturated heterocycles. The summed E-state index contributed by atoms with van der Waals surface area (Å²) in [7, 11) is 0. The van der Waals surface area contributed by atoms with Gasteiger partial charge >= 0.3 is 0 Å². The number of nitrogens with two attached hydrogens (primary N) is 1. The molecule has 0 aliphatic carbocycles. The van der Waals surface area contributed by atoms with Crippen LogP contribution >= 0.6 is 0 Å². The Labute approximate surface area is 106 Å².